The third-order valence-electron chi connectivity index (χ3n) is 11.4. The van der Waals surface area contributed by atoms with Crippen molar-refractivity contribution >= 4 is 53.2 Å². The molecule has 9 aromatic carbocycles. The van der Waals surface area contributed by atoms with E-state index in [1.165, 1.54) is 36.3 Å². The minimum Gasteiger partial charge on any atom is -0.423 e. The van der Waals surface area contributed by atoms with Gasteiger partial charge in [-0.05, 0) is 166 Å². The number of rotatable bonds is 12. The Bertz CT molecular complexity index is 3170. The lowest BCUT2D eigenvalue weighted by Gasteiger charge is -2.22. The normalized spacial score (nSPS) is 10.4. The molecule has 9 aromatic rings. The van der Waals surface area contributed by atoms with Crippen molar-refractivity contribution in [3.8, 4) is 17.2 Å². The SMILES string of the molecule is Cc1ccc(C)c(Sc2c(C)c(C)c(OC(=O)c3ccccc3)c(OC(=O)c3ccccc3)c2C)c1C.O=C(Oc1ccc(Sc2ccccc2)cc1)c1ccccc1.c1ccc(Sc2ccccc2)cc1. The van der Waals surface area contributed by atoms with Crippen LogP contribution in [0.3, 0.4) is 0 Å². The number of hydrogen-bond acceptors (Lipinski definition) is 9. The molecule has 0 amide bonds. The molecule has 0 N–H and O–H groups in total. The van der Waals surface area contributed by atoms with Crippen LogP contribution in [-0.2, 0) is 0 Å². The standard InChI is InChI=1S/C32H30O4S.C19H14O2S.C12H10S/c1-19-17-18-20(2)29(21(19)3)37-30-23(5)22(4)27(35-31(33)25-13-9-7-10-14-25)28(24(30)6)36-32(34)26-15-11-8-12-16-26;20-19(15-7-3-1-4-8-15)21-16-11-13-18(14-12-16)22-17-9-5-2-6-10-17;1-3-7-11(8-4-1)13-12-9-5-2-6-10-12/h7-18H,1-6H3;1-14H;1-10H. The lowest BCUT2D eigenvalue weighted by molar-refractivity contribution is 0.0679. The quantitative estimate of drug-likeness (QED) is 0.0878. The smallest absolute Gasteiger partial charge is 0.343 e. The molecule has 0 atom stereocenters. The minimum atomic E-state index is -0.511. The number of ether oxygens (including phenoxy) is 3. The molecule has 0 aliphatic carbocycles. The zero-order chi connectivity index (χ0) is 50.8. The van der Waals surface area contributed by atoms with E-state index >= 15 is 0 Å². The van der Waals surface area contributed by atoms with Crippen molar-refractivity contribution in [2.45, 2.75) is 70.9 Å². The Morgan fingerprint density at radius 2 is 0.625 bits per heavy atom. The maximum Gasteiger partial charge on any atom is 0.343 e. The van der Waals surface area contributed by atoms with E-state index in [0.717, 1.165) is 26.5 Å². The average Bonchev–Trinajstić information content (AvgIpc) is 3.42. The molecule has 0 bridgehead atoms. The molecule has 0 heterocycles. The van der Waals surface area contributed by atoms with Crippen LogP contribution in [0.5, 0.6) is 17.2 Å². The third kappa shape index (κ3) is 14.5. The zero-order valence-corrected chi connectivity index (χ0v) is 43.4. The van der Waals surface area contributed by atoms with Gasteiger partial charge in [-0.1, -0.05) is 157 Å². The number of esters is 3. The molecule has 0 aliphatic rings. The van der Waals surface area contributed by atoms with Crippen LogP contribution in [0.15, 0.2) is 248 Å². The fraction of sp³-hybridized carbons (Fsp3) is 0.0952. The molecular weight excluding hydrogens is 949 g/mol. The van der Waals surface area contributed by atoms with Crippen LogP contribution in [0.1, 0.15) is 64.5 Å². The highest BCUT2D eigenvalue weighted by atomic mass is 32.2. The van der Waals surface area contributed by atoms with Crippen LogP contribution in [0, 0.1) is 41.5 Å². The number of hydrogen-bond donors (Lipinski definition) is 0. The summed E-state index contributed by atoms with van der Waals surface area (Å²) < 4.78 is 17.2. The molecule has 360 valence electrons. The van der Waals surface area contributed by atoms with Crippen LogP contribution in [-0.4, -0.2) is 17.9 Å². The molecule has 0 saturated carbocycles. The fourth-order valence-electron chi connectivity index (χ4n) is 7.15. The second-order valence-corrected chi connectivity index (χ2v) is 19.8. The van der Waals surface area contributed by atoms with E-state index in [4.69, 9.17) is 14.2 Å². The molecule has 0 fully saturated rings. The molecular formula is C63H54O6S3. The highest BCUT2D eigenvalue weighted by Crippen LogP contribution is 2.47. The monoisotopic (exact) mass is 1000 g/mol. The van der Waals surface area contributed by atoms with Crippen LogP contribution >= 0.6 is 35.3 Å². The summed E-state index contributed by atoms with van der Waals surface area (Å²) in [5.41, 5.74) is 7.44. The zero-order valence-electron chi connectivity index (χ0n) is 41.0. The van der Waals surface area contributed by atoms with Crippen molar-refractivity contribution in [3.63, 3.8) is 0 Å². The topological polar surface area (TPSA) is 78.9 Å². The molecule has 0 spiro atoms. The number of carbonyl (C=O) groups excluding carboxylic acids is 3. The Hall–Kier alpha value is -7.56. The molecule has 9 heteroatoms. The van der Waals surface area contributed by atoms with Gasteiger partial charge in [0.15, 0.2) is 11.5 Å². The van der Waals surface area contributed by atoms with Gasteiger partial charge in [-0.15, -0.1) is 0 Å². The van der Waals surface area contributed by atoms with Gasteiger partial charge < -0.3 is 14.2 Å². The molecule has 6 nitrogen and oxygen atoms in total. The van der Waals surface area contributed by atoms with Gasteiger partial charge in [-0.3, -0.25) is 0 Å². The van der Waals surface area contributed by atoms with Crippen LogP contribution < -0.4 is 14.2 Å². The number of carbonyl (C=O) groups is 3. The van der Waals surface area contributed by atoms with Crippen LogP contribution in [0.25, 0.3) is 0 Å². The van der Waals surface area contributed by atoms with Crippen LogP contribution in [0.2, 0.25) is 0 Å². The second-order valence-electron chi connectivity index (χ2n) is 16.5. The van der Waals surface area contributed by atoms with Crippen molar-refractivity contribution in [1.29, 1.82) is 0 Å². The van der Waals surface area contributed by atoms with Crippen molar-refractivity contribution in [2.24, 2.45) is 0 Å². The van der Waals surface area contributed by atoms with Gasteiger partial charge in [0.2, 0.25) is 0 Å². The molecule has 0 saturated heterocycles. The van der Waals surface area contributed by atoms with E-state index < -0.39 is 11.9 Å². The Balaban J connectivity index is 0.000000181. The van der Waals surface area contributed by atoms with Gasteiger partial charge in [0.1, 0.15) is 5.75 Å². The number of aryl methyl sites for hydroxylation is 2. The van der Waals surface area contributed by atoms with Crippen molar-refractivity contribution in [3.05, 3.63) is 268 Å². The lowest BCUT2D eigenvalue weighted by atomic mass is 10.0. The summed E-state index contributed by atoms with van der Waals surface area (Å²) in [4.78, 5) is 45.1. The van der Waals surface area contributed by atoms with Gasteiger partial charge in [-0.25, -0.2) is 14.4 Å². The van der Waals surface area contributed by atoms with Gasteiger partial charge in [-0.2, -0.15) is 0 Å². The first-order valence-electron chi connectivity index (χ1n) is 23.3. The first-order chi connectivity index (χ1) is 34.9. The third-order valence-corrected chi connectivity index (χ3v) is 15.0. The summed E-state index contributed by atoms with van der Waals surface area (Å²) in [5, 5.41) is 0. The molecule has 0 unspecified atom stereocenters. The van der Waals surface area contributed by atoms with Crippen molar-refractivity contribution in [1.82, 2.24) is 0 Å². The summed E-state index contributed by atoms with van der Waals surface area (Å²) in [6.45, 7) is 12.1. The Labute approximate surface area is 435 Å². The van der Waals surface area contributed by atoms with E-state index in [2.05, 4.69) is 93.6 Å². The van der Waals surface area contributed by atoms with Gasteiger partial charge >= 0.3 is 17.9 Å². The molecule has 0 radical (unpaired) electrons. The minimum absolute atomic E-state index is 0.256. The largest absolute Gasteiger partial charge is 0.423 e. The first kappa shape index (κ1) is 52.3. The molecule has 9 rings (SSSR count). The summed E-state index contributed by atoms with van der Waals surface area (Å²) in [6.07, 6.45) is 0. The molecule has 0 aromatic heterocycles. The van der Waals surface area contributed by atoms with Crippen molar-refractivity contribution in [2.75, 3.05) is 0 Å². The maximum atomic E-state index is 13.1. The van der Waals surface area contributed by atoms with E-state index in [1.807, 2.05) is 106 Å². The highest BCUT2D eigenvalue weighted by Gasteiger charge is 2.26. The Morgan fingerprint density at radius 3 is 1.03 bits per heavy atom. The molecule has 72 heavy (non-hydrogen) atoms. The van der Waals surface area contributed by atoms with Crippen LogP contribution in [0.4, 0.5) is 0 Å². The summed E-state index contributed by atoms with van der Waals surface area (Å²) >= 11 is 5.11. The lowest BCUT2D eigenvalue weighted by Crippen LogP contribution is -2.15. The van der Waals surface area contributed by atoms with E-state index in [1.54, 1.807) is 95.9 Å². The Kier molecular flexibility index (Phi) is 18.9. The predicted molar refractivity (Wildman–Crippen MR) is 294 cm³/mol. The van der Waals surface area contributed by atoms with Gasteiger partial charge in [0.05, 0.1) is 16.7 Å². The highest BCUT2D eigenvalue weighted by molar-refractivity contribution is 8.00. The number of benzene rings is 9. The molecule has 0 aliphatic heterocycles. The van der Waals surface area contributed by atoms with Gasteiger partial charge in [0, 0.05) is 34.9 Å². The fourth-order valence-corrected chi connectivity index (χ4v) is 10.1. The maximum absolute atomic E-state index is 13.1. The Morgan fingerprint density at radius 1 is 0.292 bits per heavy atom. The summed E-state index contributed by atoms with van der Waals surface area (Å²) in [6, 6.07) is 69.3. The van der Waals surface area contributed by atoms with Crippen molar-refractivity contribution < 1.29 is 28.6 Å². The van der Waals surface area contributed by atoms with E-state index in [0.29, 0.717) is 22.4 Å². The second kappa shape index (κ2) is 26.1. The first-order valence-corrected chi connectivity index (χ1v) is 25.7. The summed E-state index contributed by atoms with van der Waals surface area (Å²) in [7, 11) is 0. The van der Waals surface area contributed by atoms with Gasteiger partial charge in [0.25, 0.3) is 0 Å². The summed E-state index contributed by atoms with van der Waals surface area (Å²) in [5.74, 6) is -0.301. The van der Waals surface area contributed by atoms with E-state index in [9.17, 15) is 14.4 Å². The van der Waals surface area contributed by atoms with E-state index in [-0.39, 0.29) is 17.5 Å². The average molecular weight is 1000 g/mol. The predicted octanol–water partition coefficient (Wildman–Crippen LogP) is 17.0.